The molecule has 1 aromatic heterocycles. The smallest absolute Gasteiger partial charge is 0.261 e. The lowest BCUT2D eigenvalue weighted by Gasteiger charge is -2.10. The average molecular weight is 278 g/mol. The molecule has 4 nitrogen and oxygen atoms in total. The Kier molecular flexibility index (Phi) is 3.71. The van der Waals surface area contributed by atoms with Crippen LogP contribution in [0.25, 0.3) is 11.3 Å². The van der Waals surface area contributed by atoms with Crippen molar-refractivity contribution in [3.05, 3.63) is 51.3 Å². The van der Waals surface area contributed by atoms with Crippen LogP contribution in [0.3, 0.4) is 0 Å². The van der Waals surface area contributed by atoms with E-state index in [1.165, 1.54) is 17.7 Å². The van der Waals surface area contributed by atoms with Crippen molar-refractivity contribution >= 4 is 17.9 Å². The van der Waals surface area contributed by atoms with Gasteiger partial charge in [0.2, 0.25) is 0 Å². The quantitative estimate of drug-likeness (QED) is 0.810. The van der Waals surface area contributed by atoms with Gasteiger partial charge in [-0.25, -0.2) is 0 Å². The second-order valence-corrected chi connectivity index (χ2v) is 4.41. The third-order valence-corrected chi connectivity index (χ3v) is 3.20. The molecular formula is C14H12ClNO3. The van der Waals surface area contributed by atoms with Gasteiger partial charge in [0.1, 0.15) is 5.75 Å². The summed E-state index contributed by atoms with van der Waals surface area (Å²) in [4.78, 5) is 22.6. The van der Waals surface area contributed by atoms with E-state index in [2.05, 4.69) is 0 Å². The van der Waals surface area contributed by atoms with E-state index in [4.69, 9.17) is 16.3 Å². The van der Waals surface area contributed by atoms with Crippen LogP contribution < -0.4 is 10.3 Å². The van der Waals surface area contributed by atoms with E-state index in [0.29, 0.717) is 22.8 Å². The number of nitrogens with zero attached hydrogens (tertiary/aromatic N) is 1. The van der Waals surface area contributed by atoms with Crippen molar-refractivity contribution in [2.45, 2.75) is 0 Å². The van der Waals surface area contributed by atoms with Crippen molar-refractivity contribution in [3.8, 4) is 17.0 Å². The third kappa shape index (κ3) is 2.39. The van der Waals surface area contributed by atoms with Gasteiger partial charge >= 0.3 is 0 Å². The molecule has 0 atom stereocenters. The molecule has 2 aromatic rings. The van der Waals surface area contributed by atoms with Crippen LogP contribution in [0.1, 0.15) is 10.4 Å². The zero-order chi connectivity index (χ0) is 14.0. The normalized spacial score (nSPS) is 10.3. The lowest BCUT2D eigenvalue weighted by Crippen LogP contribution is -2.21. The van der Waals surface area contributed by atoms with Gasteiger partial charge in [0.15, 0.2) is 6.29 Å². The van der Waals surface area contributed by atoms with E-state index in [9.17, 15) is 9.59 Å². The molecule has 0 fully saturated rings. The summed E-state index contributed by atoms with van der Waals surface area (Å²) in [6.45, 7) is 0. The summed E-state index contributed by atoms with van der Waals surface area (Å²) in [5, 5.41) is 0.465. The Labute approximate surface area is 115 Å². The molecule has 1 heterocycles. The molecule has 2 rings (SSSR count). The van der Waals surface area contributed by atoms with Crippen molar-refractivity contribution in [2.75, 3.05) is 7.11 Å². The van der Waals surface area contributed by atoms with Gasteiger partial charge in [0, 0.05) is 7.05 Å². The number of hydrogen-bond donors (Lipinski definition) is 0. The molecule has 0 saturated carbocycles. The number of carbonyl (C=O) groups is 1. The number of rotatable bonds is 3. The molecule has 0 aliphatic rings. The van der Waals surface area contributed by atoms with Gasteiger partial charge in [-0.1, -0.05) is 11.6 Å². The van der Waals surface area contributed by atoms with Crippen LogP contribution in [0.4, 0.5) is 0 Å². The number of methoxy groups -OCH3 is 1. The molecule has 0 N–H and O–H groups in total. The molecule has 5 heteroatoms. The minimum absolute atomic E-state index is 0.130. The molecular weight excluding hydrogens is 266 g/mol. The topological polar surface area (TPSA) is 48.3 Å². The number of aromatic nitrogens is 1. The van der Waals surface area contributed by atoms with Crippen LogP contribution in [-0.2, 0) is 7.05 Å². The van der Waals surface area contributed by atoms with Crippen molar-refractivity contribution in [1.82, 2.24) is 4.57 Å². The Hall–Kier alpha value is -2.07. The van der Waals surface area contributed by atoms with Gasteiger partial charge in [0.05, 0.1) is 23.4 Å². The maximum Gasteiger partial charge on any atom is 0.261 e. The maximum absolute atomic E-state index is 11.9. The molecule has 0 aliphatic carbocycles. The number of carbonyl (C=O) groups excluding carboxylic acids is 1. The van der Waals surface area contributed by atoms with Crippen molar-refractivity contribution in [2.24, 2.45) is 7.05 Å². The first-order valence-electron chi connectivity index (χ1n) is 5.57. The lowest BCUT2D eigenvalue weighted by atomic mass is 10.1. The first kappa shape index (κ1) is 13.4. The summed E-state index contributed by atoms with van der Waals surface area (Å²) in [6.07, 6.45) is 0.549. The summed E-state index contributed by atoms with van der Waals surface area (Å²) >= 11 is 6.06. The number of pyridine rings is 1. The Bertz CT molecular complexity index is 692. The van der Waals surface area contributed by atoms with Crippen LogP contribution in [-0.4, -0.2) is 18.0 Å². The minimum Gasteiger partial charge on any atom is -0.495 e. The summed E-state index contributed by atoms with van der Waals surface area (Å²) in [5.41, 5.74) is 1.26. The second kappa shape index (κ2) is 5.28. The monoisotopic (exact) mass is 277 g/mol. The predicted molar refractivity (Wildman–Crippen MR) is 74.1 cm³/mol. The molecule has 0 aliphatic heterocycles. The summed E-state index contributed by atoms with van der Waals surface area (Å²) in [6, 6.07) is 8.47. The highest BCUT2D eigenvalue weighted by Gasteiger charge is 2.09. The molecule has 1 aromatic carbocycles. The highest BCUT2D eigenvalue weighted by atomic mass is 35.5. The number of hydrogen-bond acceptors (Lipinski definition) is 3. The summed E-state index contributed by atoms with van der Waals surface area (Å²) in [5.74, 6) is 0.569. The number of halogens is 1. The Morgan fingerprint density at radius 2 is 2.00 bits per heavy atom. The van der Waals surface area contributed by atoms with Crippen LogP contribution >= 0.6 is 11.6 Å². The maximum atomic E-state index is 11.9. The molecule has 0 spiro atoms. The fourth-order valence-electron chi connectivity index (χ4n) is 1.86. The van der Waals surface area contributed by atoms with E-state index >= 15 is 0 Å². The summed E-state index contributed by atoms with van der Waals surface area (Å²) in [7, 11) is 3.15. The Balaban J connectivity index is 2.60. The Morgan fingerprint density at radius 3 is 2.58 bits per heavy atom. The average Bonchev–Trinajstić information content (AvgIpc) is 2.41. The largest absolute Gasteiger partial charge is 0.495 e. The lowest BCUT2D eigenvalue weighted by molar-refractivity contribution is 0.112. The van der Waals surface area contributed by atoms with Crippen molar-refractivity contribution < 1.29 is 9.53 Å². The predicted octanol–water partition coefficient (Wildman–Crippen LogP) is 2.53. The highest BCUT2D eigenvalue weighted by molar-refractivity contribution is 6.32. The van der Waals surface area contributed by atoms with Gasteiger partial charge < -0.3 is 9.30 Å². The molecule has 0 radical (unpaired) electrons. The van der Waals surface area contributed by atoms with Crippen molar-refractivity contribution in [1.29, 1.82) is 0 Å². The standard InChI is InChI=1S/C14H12ClNO3/c1-16-12(5-3-10(8-17)14(16)18)9-4-6-13(19-2)11(15)7-9/h3-8H,1-2H3. The van der Waals surface area contributed by atoms with Crippen LogP contribution in [0.2, 0.25) is 5.02 Å². The summed E-state index contributed by atoms with van der Waals surface area (Å²) < 4.78 is 6.50. The van der Waals surface area contributed by atoms with Crippen LogP contribution in [0.5, 0.6) is 5.75 Å². The molecule has 19 heavy (non-hydrogen) atoms. The van der Waals surface area contributed by atoms with E-state index in [-0.39, 0.29) is 11.1 Å². The first-order valence-corrected chi connectivity index (χ1v) is 5.95. The first-order chi connectivity index (χ1) is 9.08. The molecule has 0 bridgehead atoms. The zero-order valence-corrected chi connectivity index (χ0v) is 11.3. The van der Waals surface area contributed by atoms with Gasteiger partial charge in [-0.05, 0) is 35.9 Å². The Morgan fingerprint density at radius 1 is 1.26 bits per heavy atom. The van der Waals surface area contributed by atoms with Gasteiger partial charge in [-0.15, -0.1) is 0 Å². The van der Waals surface area contributed by atoms with Gasteiger partial charge in [-0.3, -0.25) is 9.59 Å². The fourth-order valence-corrected chi connectivity index (χ4v) is 2.12. The fraction of sp³-hybridized carbons (Fsp3) is 0.143. The van der Waals surface area contributed by atoms with Gasteiger partial charge in [0.25, 0.3) is 5.56 Å². The van der Waals surface area contributed by atoms with Gasteiger partial charge in [-0.2, -0.15) is 0 Å². The number of aldehydes is 1. The van der Waals surface area contributed by atoms with E-state index < -0.39 is 0 Å². The second-order valence-electron chi connectivity index (χ2n) is 4.01. The highest BCUT2D eigenvalue weighted by Crippen LogP contribution is 2.29. The van der Waals surface area contributed by atoms with E-state index in [1.54, 1.807) is 31.3 Å². The molecule has 0 saturated heterocycles. The third-order valence-electron chi connectivity index (χ3n) is 2.91. The van der Waals surface area contributed by atoms with Crippen molar-refractivity contribution in [3.63, 3.8) is 0 Å². The van der Waals surface area contributed by atoms with E-state index in [0.717, 1.165) is 5.56 Å². The molecule has 0 unspecified atom stereocenters. The van der Waals surface area contributed by atoms with E-state index in [1.807, 2.05) is 0 Å². The zero-order valence-electron chi connectivity index (χ0n) is 10.5. The molecule has 98 valence electrons. The molecule has 0 amide bonds. The number of ether oxygens (including phenoxy) is 1. The number of benzene rings is 1. The minimum atomic E-state index is -0.334. The van der Waals surface area contributed by atoms with Crippen LogP contribution in [0, 0.1) is 0 Å². The SMILES string of the molecule is COc1ccc(-c2ccc(C=O)c(=O)n2C)cc1Cl. The van der Waals surface area contributed by atoms with Crippen LogP contribution in [0.15, 0.2) is 35.1 Å².